The van der Waals surface area contributed by atoms with E-state index in [-0.39, 0.29) is 11.5 Å². The molecule has 0 saturated carbocycles. The fraction of sp³-hybridized carbons (Fsp3) is 0.500. The highest BCUT2D eigenvalue weighted by atomic mass is 16.5. The molecule has 0 aromatic carbocycles. The second-order valence-electron chi connectivity index (χ2n) is 6.38. The van der Waals surface area contributed by atoms with Gasteiger partial charge in [-0.3, -0.25) is 4.98 Å². The fourth-order valence-electron chi connectivity index (χ4n) is 2.60. The molecule has 0 spiro atoms. The van der Waals surface area contributed by atoms with E-state index < -0.39 is 0 Å². The molecule has 2 aromatic rings. The Hall–Kier alpha value is -1.68. The fourth-order valence-corrected chi connectivity index (χ4v) is 2.60. The van der Waals surface area contributed by atoms with Crippen LogP contribution in [0.1, 0.15) is 20.8 Å². The van der Waals surface area contributed by atoms with E-state index in [0.29, 0.717) is 0 Å². The van der Waals surface area contributed by atoms with Crippen molar-refractivity contribution in [2.24, 2.45) is 5.41 Å². The number of pyridine rings is 2. The summed E-state index contributed by atoms with van der Waals surface area (Å²) in [6.07, 6.45) is 3.89. The van der Waals surface area contributed by atoms with E-state index in [4.69, 9.17) is 4.74 Å². The maximum Gasteiger partial charge on any atom is 0.138 e. The van der Waals surface area contributed by atoms with Gasteiger partial charge in [0.15, 0.2) is 0 Å². The highest BCUT2D eigenvalue weighted by molar-refractivity contribution is 5.89. The Bertz CT molecular complexity index is 601. The quantitative estimate of drug-likeness (QED) is 0.799. The first kappa shape index (κ1) is 13.3. The van der Waals surface area contributed by atoms with Crippen LogP contribution in [-0.4, -0.2) is 35.8 Å². The van der Waals surface area contributed by atoms with E-state index in [0.717, 1.165) is 36.4 Å². The topological polar surface area (TPSA) is 38.2 Å². The molecule has 1 aliphatic rings. The van der Waals surface area contributed by atoms with Gasteiger partial charge in [-0.25, -0.2) is 4.98 Å². The summed E-state index contributed by atoms with van der Waals surface area (Å²) >= 11 is 0. The monoisotopic (exact) mass is 271 g/mol. The van der Waals surface area contributed by atoms with Gasteiger partial charge in [0.25, 0.3) is 0 Å². The number of nitrogens with zero attached hydrogens (tertiary/aromatic N) is 3. The van der Waals surface area contributed by atoms with Crippen LogP contribution in [0.5, 0.6) is 0 Å². The largest absolute Gasteiger partial charge is 0.374 e. The van der Waals surface area contributed by atoms with Gasteiger partial charge >= 0.3 is 0 Å². The van der Waals surface area contributed by atoms with E-state index in [9.17, 15) is 0 Å². The minimum absolute atomic E-state index is 0.140. The van der Waals surface area contributed by atoms with Gasteiger partial charge in [0.2, 0.25) is 0 Å². The van der Waals surface area contributed by atoms with E-state index >= 15 is 0 Å². The maximum atomic E-state index is 5.92. The standard InChI is InChI=1S/C16H21N3O/c1-16(2,3)14-11-19(9-10-20-14)15-12-5-4-7-17-13(12)6-8-18-15/h4-8,14H,9-11H2,1-3H3. The van der Waals surface area contributed by atoms with Crippen molar-refractivity contribution in [2.75, 3.05) is 24.6 Å². The Balaban J connectivity index is 1.95. The van der Waals surface area contributed by atoms with Crippen LogP contribution in [0.4, 0.5) is 5.82 Å². The molecule has 0 aliphatic carbocycles. The Morgan fingerprint density at radius 2 is 2.05 bits per heavy atom. The normalized spacial score (nSPS) is 20.4. The summed E-state index contributed by atoms with van der Waals surface area (Å²) in [5.41, 5.74) is 1.14. The smallest absolute Gasteiger partial charge is 0.138 e. The molecule has 0 N–H and O–H groups in total. The summed E-state index contributed by atoms with van der Waals surface area (Å²) in [5, 5.41) is 1.12. The van der Waals surface area contributed by atoms with Gasteiger partial charge in [-0.2, -0.15) is 0 Å². The summed E-state index contributed by atoms with van der Waals surface area (Å²) in [6.45, 7) is 9.18. The van der Waals surface area contributed by atoms with Crippen LogP contribution in [-0.2, 0) is 4.74 Å². The van der Waals surface area contributed by atoms with Crippen molar-refractivity contribution >= 4 is 16.7 Å². The molecule has 0 radical (unpaired) electrons. The number of morpholine rings is 1. The van der Waals surface area contributed by atoms with Gasteiger partial charge in [-0.1, -0.05) is 20.8 Å². The van der Waals surface area contributed by atoms with Crippen molar-refractivity contribution in [1.82, 2.24) is 9.97 Å². The SMILES string of the molecule is CC(C)(C)C1CN(c2nccc3ncccc23)CCO1. The number of hydrogen-bond acceptors (Lipinski definition) is 4. The zero-order valence-electron chi connectivity index (χ0n) is 12.3. The van der Waals surface area contributed by atoms with Crippen LogP contribution in [0.25, 0.3) is 10.9 Å². The molecule has 1 unspecified atom stereocenters. The molecular weight excluding hydrogens is 250 g/mol. The number of hydrogen-bond donors (Lipinski definition) is 0. The highest BCUT2D eigenvalue weighted by Crippen LogP contribution is 2.29. The first-order chi connectivity index (χ1) is 9.55. The Morgan fingerprint density at radius 1 is 1.20 bits per heavy atom. The number of ether oxygens (including phenoxy) is 1. The third-order valence-corrected chi connectivity index (χ3v) is 3.84. The second-order valence-corrected chi connectivity index (χ2v) is 6.38. The number of rotatable bonds is 1. The lowest BCUT2D eigenvalue weighted by molar-refractivity contribution is -0.0266. The first-order valence-corrected chi connectivity index (χ1v) is 7.12. The number of anilines is 1. The second kappa shape index (κ2) is 5.02. The summed E-state index contributed by atoms with van der Waals surface area (Å²) < 4.78 is 5.92. The predicted octanol–water partition coefficient (Wildman–Crippen LogP) is 2.88. The van der Waals surface area contributed by atoms with Crippen LogP contribution in [0.2, 0.25) is 0 Å². The molecule has 4 nitrogen and oxygen atoms in total. The van der Waals surface area contributed by atoms with E-state index in [1.54, 1.807) is 0 Å². The maximum absolute atomic E-state index is 5.92. The van der Waals surface area contributed by atoms with Crippen LogP contribution >= 0.6 is 0 Å². The molecule has 4 heteroatoms. The summed E-state index contributed by atoms with van der Waals surface area (Å²) in [5.74, 6) is 1.02. The van der Waals surface area contributed by atoms with Crippen LogP contribution in [0, 0.1) is 5.41 Å². The number of aromatic nitrogens is 2. The number of fused-ring (bicyclic) bond motifs is 1. The van der Waals surface area contributed by atoms with Crippen LogP contribution in [0.15, 0.2) is 30.6 Å². The van der Waals surface area contributed by atoms with Gasteiger partial charge < -0.3 is 9.64 Å². The molecule has 0 amide bonds. The first-order valence-electron chi connectivity index (χ1n) is 7.12. The average Bonchev–Trinajstić information content (AvgIpc) is 2.46. The van der Waals surface area contributed by atoms with Gasteiger partial charge in [0, 0.05) is 30.9 Å². The summed E-state index contributed by atoms with van der Waals surface area (Å²) in [7, 11) is 0. The molecular formula is C16H21N3O. The zero-order valence-corrected chi connectivity index (χ0v) is 12.3. The molecule has 0 bridgehead atoms. The molecule has 2 aromatic heterocycles. The predicted molar refractivity (Wildman–Crippen MR) is 80.9 cm³/mol. The lowest BCUT2D eigenvalue weighted by atomic mass is 9.88. The van der Waals surface area contributed by atoms with Gasteiger partial charge in [-0.15, -0.1) is 0 Å². The zero-order chi connectivity index (χ0) is 14.2. The van der Waals surface area contributed by atoms with Crippen molar-refractivity contribution in [3.05, 3.63) is 30.6 Å². The Morgan fingerprint density at radius 3 is 2.85 bits per heavy atom. The molecule has 1 atom stereocenters. The van der Waals surface area contributed by atoms with Crippen molar-refractivity contribution in [1.29, 1.82) is 0 Å². The lowest BCUT2D eigenvalue weighted by Crippen LogP contribution is -2.48. The van der Waals surface area contributed by atoms with Gasteiger partial charge in [0.05, 0.1) is 18.2 Å². The molecule has 3 rings (SSSR count). The van der Waals surface area contributed by atoms with Crippen LogP contribution in [0.3, 0.4) is 0 Å². The van der Waals surface area contributed by atoms with Crippen molar-refractivity contribution in [2.45, 2.75) is 26.9 Å². The third-order valence-electron chi connectivity index (χ3n) is 3.84. The van der Waals surface area contributed by atoms with Crippen molar-refractivity contribution in [3.8, 4) is 0 Å². The average molecular weight is 271 g/mol. The Kier molecular flexibility index (Phi) is 3.34. The minimum atomic E-state index is 0.140. The Labute approximate surface area is 119 Å². The molecule has 1 fully saturated rings. The van der Waals surface area contributed by atoms with Crippen molar-refractivity contribution in [3.63, 3.8) is 0 Å². The van der Waals surface area contributed by atoms with Gasteiger partial charge in [-0.05, 0) is 23.6 Å². The van der Waals surface area contributed by atoms with E-state index in [1.165, 1.54) is 0 Å². The minimum Gasteiger partial charge on any atom is -0.374 e. The van der Waals surface area contributed by atoms with Crippen LogP contribution < -0.4 is 4.90 Å². The van der Waals surface area contributed by atoms with Gasteiger partial charge in [0.1, 0.15) is 5.82 Å². The molecule has 106 valence electrons. The summed E-state index contributed by atoms with van der Waals surface area (Å²) in [4.78, 5) is 11.3. The third kappa shape index (κ3) is 2.48. The van der Waals surface area contributed by atoms with E-state index in [2.05, 4.69) is 41.7 Å². The van der Waals surface area contributed by atoms with E-state index in [1.807, 2.05) is 24.5 Å². The van der Waals surface area contributed by atoms with Crippen molar-refractivity contribution < 1.29 is 4.74 Å². The molecule has 20 heavy (non-hydrogen) atoms. The highest BCUT2D eigenvalue weighted by Gasteiger charge is 2.31. The molecule has 3 heterocycles. The molecule has 1 aliphatic heterocycles. The lowest BCUT2D eigenvalue weighted by Gasteiger charge is -2.40. The molecule has 1 saturated heterocycles. The summed E-state index contributed by atoms with van der Waals surface area (Å²) in [6, 6.07) is 6.02.